The van der Waals surface area contributed by atoms with Crippen molar-refractivity contribution in [2.24, 2.45) is 0 Å². The fraction of sp³-hybridized carbons (Fsp3) is 0.455. The van der Waals surface area contributed by atoms with E-state index in [4.69, 9.17) is 9.47 Å². The fourth-order valence-electron chi connectivity index (χ4n) is 1.44. The second-order valence-electron chi connectivity index (χ2n) is 3.30. The highest BCUT2D eigenvalue weighted by Crippen LogP contribution is 2.25. The molecule has 2 heterocycles. The van der Waals surface area contributed by atoms with Gasteiger partial charge in [0.25, 0.3) is 0 Å². The second-order valence-corrected chi connectivity index (χ2v) is 4.34. The van der Waals surface area contributed by atoms with Gasteiger partial charge in [-0.15, -0.1) is 11.3 Å². The van der Waals surface area contributed by atoms with Crippen LogP contribution < -0.4 is 0 Å². The van der Waals surface area contributed by atoms with E-state index in [1.165, 1.54) is 11.3 Å². The zero-order valence-corrected chi connectivity index (χ0v) is 9.88. The molecule has 0 saturated carbocycles. The third-order valence-corrected chi connectivity index (χ3v) is 3.27. The summed E-state index contributed by atoms with van der Waals surface area (Å²) in [5.41, 5.74) is 1.16. The van der Waals surface area contributed by atoms with E-state index in [1.54, 1.807) is 13.1 Å². The van der Waals surface area contributed by atoms with Crippen LogP contribution in [0.4, 0.5) is 0 Å². The number of ether oxygens (including phenoxy) is 2. The maximum Gasteiger partial charge on any atom is 0.349 e. The molecule has 1 aliphatic rings. The van der Waals surface area contributed by atoms with Gasteiger partial charge < -0.3 is 9.47 Å². The van der Waals surface area contributed by atoms with Crippen LogP contribution in [0.15, 0.2) is 12.3 Å². The first-order valence-electron chi connectivity index (χ1n) is 5.21. The molecule has 0 saturated heterocycles. The van der Waals surface area contributed by atoms with Crippen LogP contribution in [0.2, 0.25) is 0 Å². The van der Waals surface area contributed by atoms with Crippen molar-refractivity contribution in [1.82, 2.24) is 4.98 Å². The summed E-state index contributed by atoms with van der Waals surface area (Å²) in [5, 5.41) is 0.895. The average Bonchev–Trinajstić information content (AvgIpc) is 2.80. The number of thiazole rings is 1. The van der Waals surface area contributed by atoms with Crippen LogP contribution in [0.3, 0.4) is 0 Å². The van der Waals surface area contributed by atoms with Crippen molar-refractivity contribution in [3.63, 3.8) is 0 Å². The van der Waals surface area contributed by atoms with Gasteiger partial charge in [0, 0.05) is 0 Å². The number of hydrogen-bond donors (Lipinski definition) is 0. The first kappa shape index (κ1) is 11.3. The topological polar surface area (TPSA) is 48.4 Å². The number of carbonyl (C=O) groups excluding carboxylic acids is 1. The van der Waals surface area contributed by atoms with E-state index in [9.17, 15) is 4.79 Å². The van der Waals surface area contributed by atoms with Gasteiger partial charge in [0.2, 0.25) is 0 Å². The van der Waals surface area contributed by atoms with Gasteiger partial charge in [0.15, 0.2) is 0 Å². The Morgan fingerprint density at radius 3 is 3.25 bits per heavy atom. The molecular formula is C11H13NO3S. The van der Waals surface area contributed by atoms with E-state index in [0.717, 1.165) is 23.6 Å². The minimum atomic E-state index is -0.293. The molecule has 5 heteroatoms. The monoisotopic (exact) mass is 239 g/mol. The molecule has 0 radical (unpaired) electrons. The third-order valence-electron chi connectivity index (χ3n) is 2.22. The normalized spacial score (nSPS) is 15.7. The fourth-order valence-corrected chi connectivity index (χ4v) is 2.32. The minimum absolute atomic E-state index is 0.293. The maximum atomic E-state index is 11.4. The Hall–Kier alpha value is -1.20. The highest BCUT2D eigenvalue weighted by atomic mass is 32.1. The van der Waals surface area contributed by atoms with Crippen LogP contribution in [0.1, 0.15) is 28.0 Å². The van der Waals surface area contributed by atoms with Gasteiger partial charge in [0.1, 0.15) is 9.88 Å². The van der Waals surface area contributed by atoms with E-state index in [2.05, 4.69) is 4.98 Å². The number of hydrogen-bond acceptors (Lipinski definition) is 5. The van der Waals surface area contributed by atoms with Crippen molar-refractivity contribution >= 4 is 22.9 Å². The summed E-state index contributed by atoms with van der Waals surface area (Å²) in [4.78, 5) is 16.2. The number of nitrogens with zero attached hydrogens (tertiary/aromatic N) is 1. The van der Waals surface area contributed by atoms with Crippen LogP contribution in [0.25, 0.3) is 5.57 Å². The molecule has 2 rings (SSSR count). The lowest BCUT2D eigenvalue weighted by atomic mass is 10.2. The Morgan fingerprint density at radius 2 is 2.56 bits per heavy atom. The molecule has 0 atom stereocenters. The molecule has 1 aliphatic heterocycles. The number of esters is 1. The Kier molecular flexibility index (Phi) is 3.69. The van der Waals surface area contributed by atoms with E-state index in [-0.39, 0.29) is 5.97 Å². The average molecular weight is 239 g/mol. The Bertz CT molecular complexity index is 411. The largest absolute Gasteiger partial charge is 0.462 e. The van der Waals surface area contributed by atoms with E-state index in [1.807, 2.05) is 6.08 Å². The first-order valence-corrected chi connectivity index (χ1v) is 6.03. The lowest BCUT2D eigenvalue weighted by molar-refractivity contribution is 0.0532. The van der Waals surface area contributed by atoms with Crippen molar-refractivity contribution in [2.45, 2.75) is 13.3 Å². The van der Waals surface area contributed by atoms with E-state index in [0.29, 0.717) is 18.1 Å². The van der Waals surface area contributed by atoms with Crippen LogP contribution in [0, 0.1) is 0 Å². The van der Waals surface area contributed by atoms with Crippen molar-refractivity contribution in [1.29, 1.82) is 0 Å². The number of rotatable bonds is 3. The van der Waals surface area contributed by atoms with Crippen molar-refractivity contribution in [3.05, 3.63) is 22.2 Å². The molecule has 4 nitrogen and oxygen atoms in total. The first-order chi connectivity index (χ1) is 7.81. The zero-order valence-electron chi connectivity index (χ0n) is 9.06. The van der Waals surface area contributed by atoms with Gasteiger partial charge in [-0.25, -0.2) is 9.78 Å². The van der Waals surface area contributed by atoms with Crippen LogP contribution in [0.5, 0.6) is 0 Å². The van der Waals surface area contributed by atoms with Crippen molar-refractivity contribution in [3.8, 4) is 0 Å². The van der Waals surface area contributed by atoms with E-state index >= 15 is 0 Å². The number of aromatic nitrogens is 1. The van der Waals surface area contributed by atoms with Gasteiger partial charge in [-0.2, -0.15) is 0 Å². The zero-order chi connectivity index (χ0) is 11.4. The number of carbonyl (C=O) groups is 1. The lowest BCUT2D eigenvalue weighted by Crippen LogP contribution is -2.03. The maximum absolute atomic E-state index is 11.4. The van der Waals surface area contributed by atoms with Crippen LogP contribution in [-0.4, -0.2) is 30.8 Å². The smallest absolute Gasteiger partial charge is 0.349 e. The summed E-state index contributed by atoms with van der Waals surface area (Å²) in [6.07, 6.45) is 4.45. The summed E-state index contributed by atoms with van der Waals surface area (Å²) < 4.78 is 10.1. The molecular weight excluding hydrogens is 226 g/mol. The molecule has 16 heavy (non-hydrogen) atoms. The predicted octanol–water partition coefficient (Wildman–Crippen LogP) is 2.12. The predicted molar refractivity (Wildman–Crippen MR) is 61.5 cm³/mol. The molecule has 1 aromatic heterocycles. The Morgan fingerprint density at radius 1 is 1.69 bits per heavy atom. The van der Waals surface area contributed by atoms with Gasteiger partial charge in [-0.3, -0.25) is 0 Å². The molecule has 0 N–H and O–H groups in total. The SMILES string of the molecule is CCOC(=O)c1cnc(C2=CCOCC2)s1. The molecule has 0 aliphatic carbocycles. The Labute approximate surface area is 97.9 Å². The molecule has 0 aromatic carbocycles. The van der Waals surface area contributed by atoms with Crippen LogP contribution >= 0.6 is 11.3 Å². The molecule has 0 amide bonds. The molecule has 1 aromatic rings. The van der Waals surface area contributed by atoms with Crippen LogP contribution in [-0.2, 0) is 9.47 Å². The minimum Gasteiger partial charge on any atom is -0.462 e. The van der Waals surface area contributed by atoms with Gasteiger partial charge in [0.05, 0.1) is 26.0 Å². The highest BCUT2D eigenvalue weighted by molar-refractivity contribution is 7.14. The van der Waals surface area contributed by atoms with Gasteiger partial charge >= 0.3 is 5.97 Å². The van der Waals surface area contributed by atoms with Crippen molar-refractivity contribution < 1.29 is 14.3 Å². The second kappa shape index (κ2) is 5.23. The summed E-state index contributed by atoms with van der Waals surface area (Å²) >= 11 is 1.38. The standard InChI is InChI=1S/C11H13NO3S/c1-2-15-11(13)9-7-12-10(16-9)8-3-5-14-6-4-8/h3,7H,2,4-6H2,1H3. The summed E-state index contributed by atoms with van der Waals surface area (Å²) in [6.45, 7) is 3.53. The van der Waals surface area contributed by atoms with Crippen molar-refractivity contribution in [2.75, 3.05) is 19.8 Å². The lowest BCUT2D eigenvalue weighted by Gasteiger charge is -2.10. The summed E-state index contributed by atoms with van der Waals surface area (Å²) in [7, 11) is 0. The molecule has 0 spiro atoms. The molecule has 0 bridgehead atoms. The van der Waals surface area contributed by atoms with Gasteiger partial charge in [-0.05, 0) is 18.9 Å². The molecule has 0 unspecified atom stereocenters. The van der Waals surface area contributed by atoms with Gasteiger partial charge in [-0.1, -0.05) is 6.08 Å². The summed E-state index contributed by atoms with van der Waals surface area (Å²) in [6, 6.07) is 0. The third kappa shape index (κ3) is 2.48. The van der Waals surface area contributed by atoms with E-state index < -0.39 is 0 Å². The Balaban J connectivity index is 2.12. The molecule has 0 fully saturated rings. The molecule has 86 valence electrons. The highest BCUT2D eigenvalue weighted by Gasteiger charge is 2.15. The quantitative estimate of drug-likeness (QED) is 0.758. The summed E-state index contributed by atoms with van der Waals surface area (Å²) in [5.74, 6) is -0.293.